The van der Waals surface area contributed by atoms with Gasteiger partial charge in [-0.05, 0) is 73.9 Å². The highest BCUT2D eigenvalue weighted by molar-refractivity contribution is 6.01. The van der Waals surface area contributed by atoms with E-state index in [0.29, 0.717) is 0 Å². The van der Waals surface area contributed by atoms with E-state index in [1.807, 2.05) is 0 Å². The van der Waals surface area contributed by atoms with Crippen LogP contribution >= 0.6 is 0 Å². The van der Waals surface area contributed by atoms with Crippen LogP contribution in [0, 0.1) is 0 Å². The molecular formula is C27H27N3. The zero-order valence-corrected chi connectivity index (χ0v) is 17.7. The molecule has 0 radical (unpaired) electrons. The third-order valence-electron chi connectivity index (χ3n) is 6.39. The van der Waals surface area contributed by atoms with Crippen molar-refractivity contribution >= 4 is 11.4 Å². The van der Waals surface area contributed by atoms with Crippen LogP contribution in [0.2, 0.25) is 0 Å². The molecule has 1 aromatic heterocycles. The van der Waals surface area contributed by atoms with Crippen LogP contribution in [0.4, 0.5) is 0 Å². The number of pyridine rings is 1. The first-order valence-electron chi connectivity index (χ1n) is 10.9. The molecule has 0 saturated heterocycles. The molecule has 0 bridgehead atoms. The van der Waals surface area contributed by atoms with Crippen LogP contribution in [0.15, 0.2) is 76.7 Å². The van der Waals surface area contributed by atoms with E-state index in [-0.39, 0.29) is 12.1 Å². The summed E-state index contributed by atoms with van der Waals surface area (Å²) in [5, 5.41) is 0. The fourth-order valence-corrected chi connectivity index (χ4v) is 4.78. The first-order valence-corrected chi connectivity index (χ1v) is 10.9. The van der Waals surface area contributed by atoms with Gasteiger partial charge in [-0.3, -0.25) is 9.98 Å². The third kappa shape index (κ3) is 3.60. The Bertz CT molecular complexity index is 1060. The summed E-state index contributed by atoms with van der Waals surface area (Å²) < 4.78 is 0. The highest BCUT2D eigenvalue weighted by Crippen LogP contribution is 2.35. The van der Waals surface area contributed by atoms with E-state index in [1.165, 1.54) is 22.3 Å². The zero-order chi connectivity index (χ0) is 20.5. The summed E-state index contributed by atoms with van der Waals surface area (Å²) in [7, 11) is 0. The van der Waals surface area contributed by atoms with E-state index in [0.717, 1.165) is 48.5 Å². The van der Waals surface area contributed by atoms with Crippen LogP contribution in [0.1, 0.15) is 72.4 Å². The Morgan fingerprint density at radius 1 is 0.667 bits per heavy atom. The van der Waals surface area contributed by atoms with Crippen molar-refractivity contribution in [2.24, 2.45) is 9.98 Å². The number of nitrogens with zero attached hydrogens (tertiary/aromatic N) is 3. The lowest BCUT2D eigenvalue weighted by molar-refractivity contribution is 0.714. The molecule has 0 amide bonds. The van der Waals surface area contributed by atoms with Crippen LogP contribution in [0.5, 0.6) is 0 Å². The molecule has 2 aliphatic rings. The first-order chi connectivity index (χ1) is 14.7. The highest BCUT2D eigenvalue weighted by atomic mass is 14.9. The minimum absolute atomic E-state index is 0.247. The van der Waals surface area contributed by atoms with E-state index in [1.54, 1.807) is 0 Å². The third-order valence-corrected chi connectivity index (χ3v) is 6.39. The summed E-state index contributed by atoms with van der Waals surface area (Å²) in [6, 6.07) is 24.0. The molecule has 0 aliphatic heterocycles. The van der Waals surface area contributed by atoms with Crippen molar-refractivity contribution in [1.29, 1.82) is 0 Å². The van der Waals surface area contributed by atoms with Crippen LogP contribution in [0.3, 0.4) is 0 Å². The standard InChI is InChI=1S/C27H27N3/c1-18(28-26-16-14-20-8-3-5-10-22(20)26)24-12-7-13-25(30-24)19(2)29-27-17-15-21-9-4-6-11-23(21)27/h3-13,26-27H,14-17H2,1-2H3. The Labute approximate surface area is 178 Å². The maximum atomic E-state index is 5.04. The molecule has 30 heavy (non-hydrogen) atoms. The van der Waals surface area contributed by atoms with E-state index in [4.69, 9.17) is 15.0 Å². The Hall–Kier alpha value is -3.07. The summed E-state index contributed by atoms with van der Waals surface area (Å²) in [5.41, 5.74) is 9.48. The number of rotatable bonds is 4. The van der Waals surface area contributed by atoms with Gasteiger partial charge in [0.25, 0.3) is 0 Å². The van der Waals surface area contributed by atoms with Crippen LogP contribution in [-0.2, 0) is 12.8 Å². The van der Waals surface area contributed by atoms with Crippen LogP contribution < -0.4 is 0 Å². The molecule has 3 nitrogen and oxygen atoms in total. The summed E-state index contributed by atoms with van der Waals surface area (Å²) in [4.78, 5) is 15.0. The summed E-state index contributed by atoms with van der Waals surface area (Å²) in [5.74, 6) is 0. The largest absolute Gasteiger partial charge is 0.280 e. The second-order valence-electron chi connectivity index (χ2n) is 8.34. The van der Waals surface area contributed by atoms with Gasteiger partial charge in [-0.1, -0.05) is 54.6 Å². The lowest BCUT2D eigenvalue weighted by Gasteiger charge is -2.11. The van der Waals surface area contributed by atoms with Crippen molar-refractivity contribution in [3.05, 3.63) is 100 Å². The van der Waals surface area contributed by atoms with Gasteiger partial charge in [0.15, 0.2) is 0 Å². The number of hydrogen-bond acceptors (Lipinski definition) is 3. The van der Waals surface area contributed by atoms with Crippen molar-refractivity contribution in [3.8, 4) is 0 Å². The van der Waals surface area contributed by atoms with Crippen LogP contribution in [0.25, 0.3) is 0 Å². The normalized spacial score (nSPS) is 20.9. The van der Waals surface area contributed by atoms with Gasteiger partial charge in [0.2, 0.25) is 0 Å². The van der Waals surface area contributed by atoms with Crippen molar-refractivity contribution in [2.45, 2.75) is 51.6 Å². The van der Waals surface area contributed by atoms with Gasteiger partial charge in [0.1, 0.15) is 0 Å². The molecule has 3 aromatic rings. The molecule has 5 rings (SSSR count). The zero-order valence-electron chi connectivity index (χ0n) is 17.7. The number of fused-ring (bicyclic) bond motifs is 2. The molecule has 2 aliphatic carbocycles. The molecule has 2 aromatic carbocycles. The van der Waals surface area contributed by atoms with Crippen LogP contribution in [-0.4, -0.2) is 16.4 Å². The maximum Gasteiger partial charge on any atom is 0.0845 e. The van der Waals surface area contributed by atoms with Crippen molar-refractivity contribution in [1.82, 2.24) is 4.98 Å². The molecule has 0 fully saturated rings. The molecule has 0 N–H and O–H groups in total. The monoisotopic (exact) mass is 393 g/mol. The minimum atomic E-state index is 0.247. The summed E-state index contributed by atoms with van der Waals surface area (Å²) >= 11 is 0. The number of aromatic nitrogens is 1. The first kappa shape index (κ1) is 18.9. The predicted octanol–water partition coefficient (Wildman–Crippen LogP) is 6.07. The van der Waals surface area contributed by atoms with Gasteiger partial charge in [-0.2, -0.15) is 0 Å². The summed E-state index contributed by atoms with van der Waals surface area (Å²) in [6.45, 7) is 4.15. The lowest BCUT2D eigenvalue weighted by Crippen LogP contribution is -2.07. The Morgan fingerprint density at radius 3 is 1.63 bits per heavy atom. The SMILES string of the molecule is CC(=NC1CCc2ccccc21)c1cccc(C(C)=NC2CCc3ccccc32)n1. The number of aliphatic imine (C=N–C) groups is 2. The van der Waals surface area contributed by atoms with Gasteiger partial charge in [0.05, 0.1) is 34.9 Å². The van der Waals surface area contributed by atoms with E-state index < -0.39 is 0 Å². The van der Waals surface area contributed by atoms with Gasteiger partial charge >= 0.3 is 0 Å². The fourth-order valence-electron chi connectivity index (χ4n) is 4.78. The fraction of sp³-hybridized carbons (Fsp3) is 0.296. The molecule has 0 saturated carbocycles. The smallest absolute Gasteiger partial charge is 0.0845 e. The Kier molecular flexibility index (Phi) is 5.04. The Balaban J connectivity index is 1.39. The van der Waals surface area contributed by atoms with E-state index in [9.17, 15) is 0 Å². The molecule has 2 atom stereocenters. The van der Waals surface area contributed by atoms with Gasteiger partial charge in [-0.25, -0.2) is 4.98 Å². The number of hydrogen-bond donors (Lipinski definition) is 0. The second-order valence-corrected chi connectivity index (χ2v) is 8.34. The lowest BCUT2D eigenvalue weighted by atomic mass is 10.1. The van der Waals surface area contributed by atoms with Gasteiger partial charge in [0, 0.05) is 0 Å². The molecule has 0 spiro atoms. The van der Waals surface area contributed by atoms with E-state index in [2.05, 4.69) is 80.6 Å². The van der Waals surface area contributed by atoms with Crippen molar-refractivity contribution in [3.63, 3.8) is 0 Å². The minimum Gasteiger partial charge on any atom is -0.280 e. The molecule has 2 unspecified atom stereocenters. The molecule has 1 heterocycles. The van der Waals surface area contributed by atoms with Crippen molar-refractivity contribution < 1.29 is 0 Å². The number of aryl methyl sites for hydroxylation is 2. The molecule has 150 valence electrons. The average molecular weight is 394 g/mol. The van der Waals surface area contributed by atoms with Gasteiger partial charge < -0.3 is 0 Å². The Morgan fingerprint density at radius 2 is 1.13 bits per heavy atom. The highest BCUT2D eigenvalue weighted by Gasteiger charge is 2.22. The van der Waals surface area contributed by atoms with Gasteiger partial charge in [-0.15, -0.1) is 0 Å². The predicted molar refractivity (Wildman–Crippen MR) is 124 cm³/mol. The van der Waals surface area contributed by atoms with E-state index >= 15 is 0 Å². The quantitative estimate of drug-likeness (QED) is 0.495. The number of benzene rings is 2. The summed E-state index contributed by atoms with van der Waals surface area (Å²) in [6.07, 6.45) is 4.38. The van der Waals surface area contributed by atoms with Crippen molar-refractivity contribution in [2.75, 3.05) is 0 Å². The molecular weight excluding hydrogens is 366 g/mol. The second kappa shape index (κ2) is 7.98. The topological polar surface area (TPSA) is 37.6 Å². The molecule has 3 heteroatoms. The maximum absolute atomic E-state index is 5.04. The average Bonchev–Trinajstić information content (AvgIpc) is 3.38.